The van der Waals surface area contributed by atoms with Crippen molar-refractivity contribution in [3.63, 3.8) is 0 Å². The van der Waals surface area contributed by atoms with Gasteiger partial charge in [-0.2, -0.15) is 0 Å². The maximum atomic E-state index is 5.79. The zero-order valence-corrected chi connectivity index (χ0v) is 15.3. The number of aromatic nitrogens is 2. The Hall–Kier alpha value is -3.80. The fourth-order valence-corrected chi connectivity index (χ4v) is 2.64. The zero-order valence-electron chi connectivity index (χ0n) is 15.3. The van der Waals surface area contributed by atoms with Crippen molar-refractivity contribution in [2.75, 3.05) is 12.4 Å². The van der Waals surface area contributed by atoms with E-state index < -0.39 is 0 Å². The first-order chi connectivity index (χ1) is 13.8. The highest BCUT2D eigenvalue weighted by molar-refractivity contribution is 5.55. The number of benzene rings is 3. The van der Waals surface area contributed by atoms with Crippen LogP contribution in [-0.2, 0) is 6.54 Å². The number of rotatable bonds is 7. The Labute approximate surface area is 162 Å². The number of hydrogen-bond donors (Lipinski definition) is 1. The van der Waals surface area contributed by atoms with Gasteiger partial charge in [-0.3, -0.25) is 0 Å². The van der Waals surface area contributed by atoms with E-state index in [0.29, 0.717) is 18.3 Å². The first-order valence-corrected chi connectivity index (χ1v) is 8.84. The molecule has 28 heavy (non-hydrogen) atoms. The summed E-state index contributed by atoms with van der Waals surface area (Å²) in [6.07, 6.45) is 0. The van der Waals surface area contributed by atoms with E-state index in [1.165, 1.54) is 0 Å². The van der Waals surface area contributed by atoms with Gasteiger partial charge in [-0.05, 0) is 54.6 Å². The van der Waals surface area contributed by atoms with Crippen molar-refractivity contribution in [3.05, 3.63) is 84.8 Å². The van der Waals surface area contributed by atoms with Crippen molar-refractivity contribution in [2.45, 2.75) is 6.54 Å². The third-order valence-electron chi connectivity index (χ3n) is 4.06. The largest absolute Gasteiger partial charge is 0.497 e. The summed E-state index contributed by atoms with van der Waals surface area (Å²) in [7, 11) is 1.62. The molecule has 0 aliphatic heterocycles. The smallest absolute Gasteiger partial charge is 0.247 e. The molecule has 0 aliphatic carbocycles. The minimum absolute atomic E-state index is 0.426. The van der Waals surface area contributed by atoms with E-state index in [1.807, 2.05) is 78.9 Å². The van der Waals surface area contributed by atoms with E-state index in [-0.39, 0.29) is 0 Å². The molecule has 0 atom stereocenters. The Morgan fingerprint density at radius 1 is 0.821 bits per heavy atom. The molecule has 0 spiro atoms. The maximum Gasteiger partial charge on any atom is 0.247 e. The predicted octanol–water partition coefficient (Wildman–Crippen LogP) is 5.15. The van der Waals surface area contributed by atoms with Gasteiger partial charge in [0.15, 0.2) is 0 Å². The Morgan fingerprint density at radius 3 is 2.36 bits per heavy atom. The fraction of sp³-hybridized carbons (Fsp3) is 0.0909. The molecule has 6 heteroatoms. The number of para-hydroxylation sites is 1. The van der Waals surface area contributed by atoms with Gasteiger partial charge in [0.05, 0.1) is 13.7 Å². The van der Waals surface area contributed by atoms with Crippen molar-refractivity contribution >= 4 is 5.69 Å². The lowest BCUT2D eigenvalue weighted by molar-refractivity contribution is 0.414. The Bertz CT molecular complexity index is 1030. The van der Waals surface area contributed by atoms with Crippen LogP contribution < -0.4 is 14.8 Å². The average Bonchev–Trinajstić information content (AvgIpc) is 3.23. The van der Waals surface area contributed by atoms with Gasteiger partial charge in [0, 0.05) is 11.3 Å². The molecular weight excluding hydrogens is 354 g/mol. The first-order valence-electron chi connectivity index (χ1n) is 8.84. The summed E-state index contributed by atoms with van der Waals surface area (Å²) in [5.41, 5.74) is 1.75. The van der Waals surface area contributed by atoms with E-state index in [9.17, 15) is 0 Å². The molecule has 0 fully saturated rings. The van der Waals surface area contributed by atoms with Gasteiger partial charge in [0.2, 0.25) is 11.8 Å². The van der Waals surface area contributed by atoms with Crippen molar-refractivity contribution in [3.8, 4) is 28.7 Å². The number of methoxy groups -OCH3 is 1. The number of nitrogens with zero attached hydrogens (tertiary/aromatic N) is 2. The van der Waals surface area contributed by atoms with Crippen LogP contribution in [0.1, 0.15) is 5.89 Å². The maximum absolute atomic E-state index is 5.79. The van der Waals surface area contributed by atoms with E-state index >= 15 is 0 Å². The number of ether oxygens (including phenoxy) is 2. The highest BCUT2D eigenvalue weighted by Gasteiger charge is 2.09. The minimum Gasteiger partial charge on any atom is -0.497 e. The predicted molar refractivity (Wildman–Crippen MR) is 107 cm³/mol. The van der Waals surface area contributed by atoms with Crippen LogP contribution in [0.15, 0.2) is 83.3 Å². The second-order valence-electron chi connectivity index (χ2n) is 6.03. The normalized spacial score (nSPS) is 10.5. The quantitative estimate of drug-likeness (QED) is 0.483. The fourth-order valence-electron chi connectivity index (χ4n) is 2.64. The number of nitrogens with one attached hydrogen (secondary N) is 1. The van der Waals surface area contributed by atoms with E-state index in [4.69, 9.17) is 13.9 Å². The third-order valence-corrected chi connectivity index (χ3v) is 4.06. The summed E-state index contributed by atoms with van der Waals surface area (Å²) in [5.74, 6) is 3.28. The van der Waals surface area contributed by atoms with E-state index in [0.717, 1.165) is 28.5 Å². The Balaban J connectivity index is 1.36. The molecule has 4 rings (SSSR count). The molecule has 1 N–H and O–H groups in total. The van der Waals surface area contributed by atoms with Crippen molar-refractivity contribution < 1.29 is 13.9 Å². The standard InChI is InChI=1S/C22H19N3O3/c1-26-20-9-5-6-16(14-20)22-25-24-21(28-22)15-23-17-10-12-19(13-11-17)27-18-7-3-2-4-8-18/h2-14,23H,15H2,1H3. The Morgan fingerprint density at radius 2 is 1.57 bits per heavy atom. The second-order valence-corrected chi connectivity index (χ2v) is 6.03. The molecule has 6 nitrogen and oxygen atoms in total. The van der Waals surface area contributed by atoms with Gasteiger partial charge >= 0.3 is 0 Å². The molecule has 140 valence electrons. The van der Waals surface area contributed by atoms with Gasteiger partial charge in [-0.1, -0.05) is 24.3 Å². The summed E-state index contributed by atoms with van der Waals surface area (Å²) >= 11 is 0. The van der Waals surface area contributed by atoms with Crippen LogP contribution in [0.4, 0.5) is 5.69 Å². The molecule has 0 unspecified atom stereocenters. The highest BCUT2D eigenvalue weighted by atomic mass is 16.5. The lowest BCUT2D eigenvalue weighted by Gasteiger charge is -2.07. The topological polar surface area (TPSA) is 69.4 Å². The van der Waals surface area contributed by atoms with E-state index in [1.54, 1.807) is 7.11 Å². The molecule has 1 aromatic heterocycles. The molecule has 4 aromatic rings. The summed E-state index contributed by atoms with van der Waals surface area (Å²) < 4.78 is 16.7. The van der Waals surface area contributed by atoms with Gasteiger partial charge in [0.25, 0.3) is 0 Å². The summed E-state index contributed by atoms with van der Waals surface area (Å²) in [5, 5.41) is 11.5. The molecule has 0 saturated carbocycles. The highest BCUT2D eigenvalue weighted by Crippen LogP contribution is 2.24. The molecule has 0 radical (unpaired) electrons. The van der Waals surface area contributed by atoms with Crippen LogP contribution in [0.2, 0.25) is 0 Å². The molecule has 3 aromatic carbocycles. The van der Waals surface area contributed by atoms with Crippen LogP contribution in [0.3, 0.4) is 0 Å². The lowest BCUT2D eigenvalue weighted by atomic mass is 10.2. The van der Waals surface area contributed by atoms with Crippen LogP contribution in [0.25, 0.3) is 11.5 Å². The Kier molecular flexibility index (Phi) is 5.20. The van der Waals surface area contributed by atoms with Crippen molar-refractivity contribution in [2.24, 2.45) is 0 Å². The van der Waals surface area contributed by atoms with Crippen LogP contribution >= 0.6 is 0 Å². The summed E-state index contributed by atoms with van der Waals surface area (Å²) in [6.45, 7) is 0.426. The van der Waals surface area contributed by atoms with Gasteiger partial charge in [-0.15, -0.1) is 10.2 Å². The summed E-state index contributed by atoms with van der Waals surface area (Å²) in [6, 6.07) is 24.9. The SMILES string of the molecule is COc1cccc(-c2nnc(CNc3ccc(Oc4ccccc4)cc3)o2)c1. The monoisotopic (exact) mass is 373 g/mol. The van der Waals surface area contributed by atoms with Crippen molar-refractivity contribution in [1.29, 1.82) is 0 Å². The average molecular weight is 373 g/mol. The van der Waals surface area contributed by atoms with Crippen LogP contribution in [0.5, 0.6) is 17.2 Å². The van der Waals surface area contributed by atoms with Crippen LogP contribution in [-0.4, -0.2) is 17.3 Å². The molecule has 0 bridgehead atoms. The molecule has 1 heterocycles. The van der Waals surface area contributed by atoms with Gasteiger partial charge in [-0.25, -0.2) is 0 Å². The molecule has 0 saturated heterocycles. The van der Waals surface area contributed by atoms with Crippen LogP contribution in [0, 0.1) is 0 Å². The number of hydrogen-bond acceptors (Lipinski definition) is 6. The molecule has 0 amide bonds. The molecular formula is C22H19N3O3. The third kappa shape index (κ3) is 4.29. The first kappa shape index (κ1) is 17.6. The summed E-state index contributed by atoms with van der Waals surface area (Å²) in [4.78, 5) is 0. The van der Waals surface area contributed by atoms with Gasteiger partial charge < -0.3 is 19.2 Å². The molecule has 0 aliphatic rings. The van der Waals surface area contributed by atoms with E-state index in [2.05, 4.69) is 15.5 Å². The second kappa shape index (κ2) is 8.26. The minimum atomic E-state index is 0.426. The van der Waals surface area contributed by atoms with Crippen molar-refractivity contribution in [1.82, 2.24) is 10.2 Å². The lowest BCUT2D eigenvalue weighted by Crippen LogP contribution is -1.99. The van der Waals surface area contributed by atoms with Gasteiger partial charge in [0.1, 0.15) is 17.2 Å². The zero-order chi connectivity index (χ0) is 19.2. The number of anilines is 1.